The van der Waals surface area contributed by atoms with Crippen LogP contribution in [0.25, 0.3) is 0 Å². The lowest BCUT2D eigenvalue weighted by molar-refractivity contribution is 0.714. The molecule has 0 fully saturated rings. The highest BCUT2D eigenvalue weighted by Crippen LogP contribution is 2.18. The van der Waals surface area contributed by atoms with Gasteiger partial charge in [0.1, 0.15) is 0 Å². The molecule has 2 rings (SSSR count). The summed E-state index contributed by atoms with van der Waals surface area (Å²) in [7, 11) is 0. The quantitative estimate of drug-likeness (QED) is 0.885. The Morgan fingerprint density at radius 3 is 2.56 bits per heavy atom. The zero-order valence-corrected chi connectivity index (χ0v) is 10.3. The summed E-state index contributed by atoms with van der Waals surface area (Å²) < 4.78 is 0. The van der Waals surface area contributed by atoms with Gasteiger partial charge in [-0.15, -0.1) is 11.3 Å². The molecule has 0 aromatic carbocycles. The molecular formula is C12H15N3S. The van der Waals surface area contributed by atoms with Crippen LogP contribution in [0.2, 0.25) is 0 Å². The highest BCUT2D eigenvalue weighted by atomic mass is 32.1. The first kappa shape index (κ1) is 11.2. The molecule has 84 valence electrons. The minimum absolute atomic E-state index is 0.00606. The number of aromatic nitrogens is 2. The molecule has 0 bridgehead atoms. The average molecular weight is 233 g/mol. The van der Waals surface area contributed by atoms with E-state index in [0.717, 1.165) is 28.4 Å². The van der Waals surface area contributed by atoms with Gasteiger partial charge in [-0.05, 0) is 31.5 Å². The van der Waals surface area contributed by atoms with Crippen molar-refractivity contribution >= 4 is 11.3 Å². The van der Waals surface area contributed by atoms with Gasteiger partial charge in [0.15, 0.2) is 0 Å². The lowest BCUT2D eigenvalue weighted by atomic mass is 10.0. The van der Waals surface area contributed by atoms with Crippen molar-refractivity contribution < 1.29 is 0 Å². The normalized spacial score (nSPS) is 12.7. The molecule has 0 aliphatic carbocycles. The Hall–Kier alpha value is -1.26. The van der Waals surface area contributed by atoms with E-state index in [0.29, 0.717) is 0 Å². The second-order valence-corrected chi connectivity index (χ2v) is 4.90. The zero-order valence-electron chi connectivity index (χ0n) is 9.47. The van der Waals surface area contributed by atoms with Crippen molar-refractivity contribution in [3.05, 3.63) is 45.7 Å². The standard InChI is InChI=1S/C12H15N3S/c1-8-5-10(6-9(2)15-8)11(13)7-12-14-3-4-16-12/h3-6,11H,7,13H2,1-2H3. The number of nitrogens with two attached hydrogens (primary N) is 1. The van der Waals surface area contributed by atoms with Crippen LogP contribution in [0.1, 0.15) is 28.0 Å². The monoisotopic (exact) mass is 233 g/mol. The van der Waals surface area contributed by atoms with Gasteiger partial charge in [0, 0.05) is 35.4 Å². The summed E-state index contributed by atoms with van der Waals surface area (Å²) in [5.41, 5.74) is 9.34. The number of thiazole rings is 1. The van der Waals surface area contributed by atoms with Gasteiger partial charge in [-0.25, -0.2) is 4.98 Å². The molecule has 0 radical (unpaired) electrons. The minimum Gasteiger partial charge on any atom is -0.324 e. The Labute approximate surface area is 99.4 Å². The fraction of sp³-hybridized carbons (Fsp3) is 0.333. The third kappa shape index (κ3) is 2.65. The lowest BCUT2D eigenvalue weighted by Gasteiger charge is -2.11. The molecule has 2 aromatic heterocycles. The van der Waals surface area contributed by atoms with Gasteiger partial charge in [-0.3, -0.25) is 4.98 Å². The predicted octanol–water partition coefficient (Wildman–Crippen LogP) is 2.40. The molecule has 0 amide bonds. The first-order chi connectivity index (χ1) is 7.65. The van der Waals surface area contributed by atoms with Crippen molar-refractivity contribution in [1.82, 2.24) is 9.97 Å². The van der Waals surface area contributed by atoms with Crippen LogP contribution in [0.3, 0.4) is 0 Å². The maximum Gasteiger partial charge on any atom is 0.0943 e. The third-order valence-corrected chi connectivity index (χ3v) is 3.21. The second kappa shape index (κ2) is 4.72. The first-order valence-corrected chi connectivity index (χ1v) is 6.12. The van der Waals surface area contributed by atoms with E-state index < -0.39 is 0 Å². The van der Waals surface area contributed by atoms with Gasteiger partial charge >= 0.3 is 0 Å². The van der Waals surface area contributed by atoms with Gasteiger partial charge < -0.3 is 5.73 Å². The van der Waals surface area contributed by atoms with Crippen molar-refractivity contribution in [3.8, 4) is 0 Å². The number of hydrogen-bond donors (Lipinski definition) is 1. The van der Waals surface area contributed by atoms with E-state index >= 15 is 0 Å². The van der Waals surface area contributed by atoms with Crippen molar-refractivity contribution in [1.29, 1.82) is 0 Å². The first-order valence-electron chi connectivity index (χ1n) is 5.24. The Bertz CT molecular complexity index is 445. The van der Waals surface area contributed by atoms with Gasteiger partial charge in [-0.1, -0.05) is 0 Å². The van der Waals surface area contributed by atoms with E-state index in [1.807, 2.05) is 37.6 Å². The van der Waals surface area contributed by atoms with E-state index in [1.54, 1.807) is 11.3 Å². The highest BCUT2D eigenvalue weighted by molar-refractivity contribution is 7.09. The predicted molar refractivity (Wildman–Crippen MR) is 66.5 cm³/mol. The van der Waals surface area contributed by atoms with Gasteiger partial charge in [0.25, 0.3) is 0 Å². The summed E-state index contributed by atoms with van der Waals surface area (Å²) in [5, 5.41) is 3.06. The van der Waals surface area contributed by atoms with Crippen LogP contribution in [-0.2, 0) is 6.42 Å². The number of aryl methyl sites for hydroxylation is 2. The molecule has 0 saturated carbocycles. The summed E-state index contributed by atoms with van der Waals surface area (Å²) in [6.45, 7) is 3.99. The van der Waals surface area contributed by atoms with Crippen molar-refractivity contribution in [2.24, 2.45) is 5.73 Å². The number of pyridine rings is 1. The number of hydrogen-bond acceptors (Lipinski definition) is 4. The Balaban J connectivity index is 2.17. The molecule has 1 atom stereocenters. The van der Waals surface area contributed by atoms with E-state index in [2.05, 4.69) is 9.97 Å². The maximum atomic E-state index is 6.16. The van der Waals surface area contributed by atoms with Crippen LogP contribution in [0.15, 0.2) is 23.7 Å². The lowest BCUT2D eigenvalue weighted by Crippen LogP contribution is -2.14. The van der Waals surface area contributed by atoms with Crippen LogP contribution in [0.5, 0.6) is 0 Å². The molecule has 2 aromatic rings. The SMILES string of the molecule is Cc1cc(C(N)Cc2nccs2)cc(C)n1. The molecule has 16 heavy (non-hydrogen) atoms. The number of rotatable bonds is 3. The average Bonchev–Trinajstić information content (AvgIpc) is 2.68. The van der Waals surface area contributed by atoms with Gasteiger partial charge in [0.2, 0.25) is 0 Å². The van der Waals surface area contributed by atoms with Crippen LogP contribution in [-0.4, -0.2) is 9.97 Å². The fourth-order valence-corrected chi connectivity index (χ4v) is 2.42. The smallest absolute Gasteiger partial charge is 0.0943 e. The van der Waals surface area contributed by atoms with Gasteiger partial charge in [0.05, 0.1) is 5.01 Å². The molecule has 3 nitrogen and oxygen atoms in total. The zero-order chi connectivity index (χ0) is 11.5. The summed E-state index contributed by atoms with van der Waals surface area (Å²) >= 11 is 1.65. The maximum absolute atomic E-state index is 6.16. The molecule has 4 heteroatoms. The molecule has 1 unspecified atom stereocenters. The summed E-state index contributed by atoms with van der Waals surface area (Å²) in [5.74, 6) is 0. The summed E-state index contributed by atoms with van der Waals surface area (Å²) in [4.78, 5) is 8.59. The summed E-state index contributed by atoms with van der Waals surface area (Å²) in [6.07, 6.45) is 2.61. The highest BCUT2D eigenvalue weighted by Gasteiger charge is 2.09. The molecule has 2 N–H and O–H groups in total. The third-order valence-electron chi connectivity index (χ3n) is 2.41. The van der Waals surface area contributed by atoms with E-state index in [1.165, 1.54) is 0 Å². The van der Waals surface area contributed by atoms with E-state index in [4.69, 9.17) is 5.73 Å². The van der Waals surface area contributed by atoms with Crippen molar-refractivity contribution in [2.45, 2.75) is 26.3 Å². The largest absolute Gasteiger partial charge is 0.324 e. The van der Waals surface area contributed by atoms with Crippen LogP contribution in [0, 0.1) is 13.8 Å². The van der Waals surface area contributed by atoms with E-state index in [9.17, 15) is 0 Å². The van der Waals surface area contributed by atoms with Crippen LogP contribution < -0.4 is 5.73 Å². The van der Waals surface area contributed by atoms with Gasteiger partial charge in [-0.2, -0.15) is 0 Å². The molecule has 0 aliphatic heterocycles. The molecular weight excluding hydrogens is 218 g/mol. The topological polar surface area (TPSA) is 51.8 Å². The number of nitrogens with zero attached hydrogens (tertiary/aromatic N) is 2. The Kier molecular flexibility index (Phi) is 3.31. The minimum atomic E-state index is 0.00606. The Morgan fingerprint density at radius 2 is 2.00 bits per heavy atom. The second-order valence-electron chi connectivity index (χ2n) is 3.92. The fourth-order valence-electron chi connectivity index (χ4n) is 1.74. The van der Waals surface area contributed by atoms with Crippen LogP contribution >= 0.6 is 11.3 Å². The molecule has 2 heterocycles. The van der Waals surface area contributed by atoms with Crippen molar-refractivity contribution in [2.75, 3.05) is 0 Å². The summed E-state index contributed by atoms with van der Waals surface area (Å²) in [6, 6.07) is 4.10. The van der Waals surface area contributed by atoms with Crippen molar-refractivity contribution in [3.63, 3.8) is 0 Å². The molecule has 0 aliphatic rings. The van der Waals surface area contributed by atoms with E-state index in [-0.39, 0.29) is 6.04 Å². The molecule has 0 spiro atoms. The Morgan fingerprint density at radius 1 is 1.31 bits per heavy atom. The molecule has 0 saturated heterocycles. The van der Waals surface area contributed by atoms with Crippen LogP contribution in [0.4, 0.5) is 0 Å².